The summed E-state index contributed by atoms with van der Waals surface area (Å²) < 4.78 is 7.70. The van der Waals surface area contributed by atoms with Gasteiger partial charge in [0.05, 0.1) is 37.0 Å². The molecule has 0 radical (unpaired) electrons. The minimum absolute atomic E-state index is 0.252. The molecule has 1 unspecified atom stereocenters. The van der Waals surface area contributed by atoms with E-state index < -0.39 is 0 Å². The van der Waals surface area contributed by atoms with E-state index in [1.54, 1.807) is 6.20 Å². The van der Waals surface area contributed by atoms with Crippen LogP contribution in [0.5, 0.6) is 0 Å². The minimum Gasteiger partial charge on any atom is -0.377 e. The quantitative estimate of drug-likeness (QED) is 0.577. The highest BCUT2D eigenvalue weighted by atomic mass is 16.5. The number of aromatic nitrogens is 6. The van der Waals surface area contributed by atoms with E-state index >= 15 is 0 Å². The first-order valence-corrected chi connectivity index (χ1v) is 9.90. The van der Waals surface area contributed by atoms with Crippen molar-refractivity contribution in [3.8, 4) is 22.6 Å². The molecule has 0 bridgehead atoms. The third kappa shape index (κ3) is 3.15. The van der Waals surface area contributed by atoms with Gasteiger partial charge in [-0.05, 0) is 32.0 Å². The first-order chi connectivity index (χ1) is 14.2. The molecule has 1 fully saturated rings. The Morgan fingerprint density at radius 3 is 2.93 bits per heavy atom. The molecule has 29 heavy (non-hydrogen) atoms. The number of nitrogens with one attached hydrogen (secondary N) is 1. The number of hydrogen-bond donors (Lipinski definition) is 1. The maximum atomic E-state index is 5.63. The standard InChI is InChI=1S/C21H23N7O/c1-3-27-11-18(23-13-27)16-10-19(28-8-9-29-12-14(28)2)25-20-15(16)4-6-22-21(20)17-5-7-24-26-17/h4-7,10-11,13-14H,3,8-9,12H2,1-2H3,(H,24,26). The first-order valence-electron chi connectivity index (χ1n) is 9.90. The van der Waals surface area contributed by atoms with Gasteiger partial charge in [-0.15, -0.1) is 0 Å². The highest BCUT2D eigenvalue weighted by molar-refractivity contribution is 6.00. The van der Waals surface area contributed by atoms with Crippen LogP contribution in [0.2, 0.25) is 0 Å². The number of morpholine rings is 1. The zero-order valence-corrected chi connectivity index (χ0v) is 16.5. The summed E-state index contributed by atoms with van der Waals surface area (Å²) in [5.41, 5.74) is 4.47. The van der Waals surface area contributed by atoms with Crippen LogP contribution in [0, 0.1) is 0 Å². The van der Waals surface area contributed by atoms with E-state index in [1.165, 1.54) is 0 Å². The average molecular weight is 389 g/mol. The van der Waals surface area contributed by atoms with E-state index in [-0.39, 0.29) is 6.04 Å². The molecule has 5 heterocycles. The summed E-state index contributed by atoms with van der Waals surface area (Å²) in [6.07, 6.45) is 7.50. The second-order valence-electron chi connectivity index (χ2n) is 7.26. The lowest BCUT2D eigenvalue weighted by Gasteiger charge is -2.34. The van der Waals surface area contributed by atoms with Crippen molar-refractivity contribution in [3.05, 3.63) is 43.1 Å². The number of pyridine rings is 2. The molecule has 1 atom stereocenters. The summed E-state index contributed by atoms with van der Waals surface area (Å²) >= 11 is 0. The molecule has 0 aliphatic carbocycles. The molecule has 4 aromatic rings. The molecule has 1 aliphatic heterocycles. The molecule has 8 nitrogen and oxygen atoms in total. The Morgan fingerprint density at radius 1 is 1.24 bits per heavy atom. The van der Waals surface area contributed by atoms with E-state index in [1.807, 2.05) is 24.7 Å². The lowest BCUT2D eigenvalue weighted by molar-refractivity contribution is 0.0986. The van der Waals surface area contributed by atoms with Crippen LogP contribution < -0.4 is 4.90 Å². The number of ether oxygens (including phenoxy) is 1. The third-order valence-electron chi connectivity index (χ3n) is 5.41. The Bertz CT molecular complexity index is 1140. The Kier molecular flexibility index (Phi) is 4.48. The van der Waals surface area contributed by atoms with Gasteiger partial charge in [-0.25, -0.2) is 9.97 Å². The topological polar surface area (TPSA) is 84.8 Å². The summed E-state index contributed by atoms with van der Waals surface area (Å²) in [6, 6.07) is 6.32. The van der Waals surface area contributed by atoms with E-state index in [4.69, 9.17) is 9.72 Å². The van der Waals surface area contributed by atoms with Crippen molar-refractivity contribution < 1.29 is 4.74 Å². The maximum Gasteiger partial charge on any atom is 0.130 e. The fraction of sp³-hybridized carbons (Fsp3) is 0.333. The summed E-state index contributed by atoms with van der Waals surface area (Å²) in [6.45, 7) is 7.35. The number of H-pyrrole nitrogens is 1. The molecular formula is C21H23N7O. The fourth-order valence-electron chi connectivity index (χ4n) is 3.82. The molecule has 1 N–H and O–H groups in total. The molecule has 0 saturated carbocycles. The van der Waals surface area contributed by atoms with Gasteiger partial charge in [-0.2, -0.15) is 5.10 Å². The predicted octanol–water partition coefficient (Wildman–Crippen LogP) is 3.13. The van der Waals surface area contributed by atoms with Gasteiger partial charge < -0.3 is 14.2 Å². The lowest BCUT2D eigenvalue weighted by atomic mass is 10.0. The highest BCUT2D eigenvalue weighted by Crippen LogP contribution is 2.34. The van der Waals surface area contributed by atoms with Crippen molar-refractivity contribution in [2.75, 3.05) is 24.7 Å². The number of rotatable bonds is 4. The molecule has 4 aromatic heterocycles. The second kappa shape index (κ2) is 7.29. The van der Waals surface area contributed by atoms with Crippen LogP contribution in [-0.4, -0.2) is 55.5 Å². The Balaban J connectivity index is 1.76. The second-order valence-corrected chi connectivity index (χ2v) is 7.26. The number of imidazole rings is 1. The number of anilines is 1. The zero-order chi connectivity index (χ0) is 19.8. The summed E-state index contributed by atoms with van der Waals surface area (Å²) in [4.78, 5) is 16.6. The summed E-state index contributed by atoms with van der Waals surface area (Å²) in [5, 5.41) is 8.13. The molecule has 5 rings (SSSR count). The molecule has 1 saturated heterocycles. The Labute approximate surface area is 168 Å². The summed E-state index contributed by atoms with van der Waals surface area (Å²) in [7, 11) is 0. The third-order valence-corrected chi connectivity index (χ3v) is 5.41. The van der Waals surface area contributed by atoms with Crippen molar-refractivity contribution in [2.24, 2.45) is 0 Å². The van der Waals surface area contributed by atoms with Crippen LogP contribution >= 0.6 is 0 Å². The van der Waals surface area contributed by atoms with Crippen molar-refractivity contribution in [2.45, 2.75) is 26.4 Å². The smallest absolute Gasteiger partial charge is 0.130 e. The van der Waals surface area contributed by atoms with Crippen LogP contribution in [0.3, 0.4) is 0 Å². The van der Waals surface area contributed by atoms with Crippen molar-refractivity contribution in [1.82, 2.24) is 29.7 Å². The van der Waals surface area contributed by atoms with Gasteiger partial charge in [0.15, 0.2) is 0 Å². The lowest BCUT2D eigenvalue weighted by Crippen LogP contribution is -2.44. The maximum absolute atomic E-state index is 5.63. The number of aryl methyl sites for hydroxylation is 1. The molecule has 1 aliphatic rings. The molecule has 8 heteroatoms. The monoisotopic (exact) mass is 389 g/mol. The number of nitrogens with zero attached hydrogens (tertiary/aromatic N) is 6. The number of aromatic amines is 1. The van der Waals surface area contributed by atoms with Gasteiger partial charge in [-0.3, -0.25) is 10.1 Å². The van der Waals surface area contributed by atoms with Crippen LogP contribution in [0.1, 0.15) is 13.8 Å². The van der Waals surface area contributed by atoms with Crippen LogP contribution in [0.15, 0.2) is 43.1 Å². The highest BCUT2D eigenvalue weighted by Gasteiger charge is 2.23. The van der Waals surface area contributed by atoms with Gasteiger partial charge in [0.1, 0.15) is 17.0 Å². The molecule has 0 amide bonds. The normalized spacial score (nSPS) is 17.2. The largest absolute Gasteiger partial charge is 0.377 e. The Morgan fingerprint density at radius 2 is 2.17 bits per heavy atom. The molecule has 0 aromatic carbocycles. The van der Waals surface area contributed by atoms with Gasteiger partial charge in [0, 0.05) is 42.6 Å². The average Bonchev–Trinajstić information content (AvgIpc) is 3.45. The van der Waals surface area contributed by atoms with Crippen LogP contribution in [-0.2, 0) is 11.3 Å². The van der Waals surface area contributed by atoms with Crippen molar-refractivity contribution in [3.63, 3.8) is 0 Å². The van der Waals surface area contributed by atoms with E-state index in [2.05, 4.69) is 55.7 Å². The van der Waals surface area contributed by atoms with Crippen LogP contribution in [0.4, 0.5) is 5.82 Å². The number of hydrogen-bond acceptors (Lipinski definition) is 6. The Hall–Kier alpha value is -3.26. The molecular weight excluding hydrogens is 366 g/mol. The van der Waals surface area contributed by atoms with E-state index in [0.29, 0.717) is 13.2 Å². The minimum atomic E-state index is 0.252. The van der Waals surface area contributed by atoms with E-state index in [0.717, 1.165) is 52.5 Å². The van der Waals surface area contributed by atoms with E-state index in [9.17, 15) is 0 Å². The van der Waals surface area contributed by atoms with Gasteiger partial charge in [-0.1, -0.05) is 0 Å². The predicted molar refractivity (Wildman–Crippen MR) is 112 cm³/mol. The molecule has 0 spiro atoms. The fourth-order valence-corrected chi connectivity index (χ4v) is 3.82. The van der Waals surface area contributed by atoms with Crippen molar-refractivity contribution >= 4 is 16.7 Å². The SMILES string of the molecule is CCn1cnc(-c2cc(N3CCOCC3C)nc3c(-c4ccn[nH]4)nccc23)c1. The van der Waals surface area contributed by atoms with Gasteiger partial charge in [0.2, 0.25) is 0 Å². The molecule has 148 valence electrons. The van der Waals surface area contributed by atoms with Gasteiger partial charge in [0.25, 0.3) is 0 Å². The number of fused-ring (bicyclic) bond motifs is 1. The van der Waals surface area contributed by atoms with Gasteiger partial charge >= 0.3 is 0 Å². The first kappa shape index (κ1) is 17.8. The van der Waals surface area contributed by atoms with Crippen LogP contribution in [0.25, 0.3) is 33.5 Å². The zero-order valence-electron chi connectivity index (χ0n) is 16.5. The summed E-state index contributed by atoms with van der Waals surface area (Å²) in [5.74, 6) is 0.920. The van der Waals surface area contributed by atoms with Crippen molar-refractivity contribution in [1.29, 1.82) is 0 Å².